The Morgan fingerprint density at radius 1 is 0.906 bits per heavy atom. The van der Waals surface area contributed by atoms with Crippen LogP contribution in [0, 0.1) is 0 Å². The first kappa shape index (κ1) is 29.2. The third-order valence-electron chi connectivity index (χ3n) is 5.94. The number of amides is 1. The normalized spacial score (nSPS) is 15.2. The van der Waals surface area contributed by atoms with E-state index in [0.717, 1.165) is 31.5 Å². The van der Waals surface area contributed by atoms with Crippen molar-refractivity contribution in [3.63, 3.8) is 0 Å². The predicted octanol–water partition coefficient (Wildman–Crippen LogP) is 4.91. The monoisotopic (exact) mass is 440 g/mol. The van der Waals surface area contributed by atoms with Crippen LogP contribution in [0.25, 0.3) is 0 Å². The van der Waals surface area contributed by atoms with E-state index in [4.69, 9.17) is 9.59 Å². The molecule has 0 radical (unpaired) electrons. The summed E-state index contributed by atoms with van der Waals surface area (Å²) in [7, 11) is 2.17. The maximum Gasteiger partial charge on any atom is 0.251 e. The topological polar surface area (TPSA) is 66.5 Å². The zero-order valence-electron chi connectivity index (χ0n) is 20.2. The molecule has 1 aliphatic heterocycles. The standard InChI is InChI=1S/C21H26N2O.C4H10.2CH2O/c1-17(22-20(24)18-9-5-3-6-10-18)21(13-15-23(2)16-14-21)19-11-7-4-8-12-19;1-3-4-2;2*1-2/h3-12,17H,13-16H2,1-2H3,(H,22,24);3-4H2,1-2H3;2*1H2/t17-;;;/m0.../s1. The Morgan fingerprint density at radius 2 is 1.34 bits per heavy atom. The molecule has 0 unspecified atom stereocenters. The number of rotatable bonds is 5. The molecule has 1 aliphatic rings. The van der Waals surface area contributed by atoms with Crippen LogP contribution in [-0.4, -0.2) is 50.6 Å². The molecule has 176 valence electrons. The second kappa shape index (κ2) is 16.8. The van der Waals surface area contributed by atoms with Crippen molar-refractivity contribution in [3.8, 4) is 0 Å². The number of unbranched alkanes of at least 4 members (excludes halogenated alkanes) is 1. The van der Waals surface area contributed by atoms with Crippen LogP contribution in [0.15, 0.2) is 60.7 Å². The molecule has 5 heteroatoms. The molecule has 0 aliphatic carbocycles. The Balaban J connectivity index is 0.00000106. The van der Waals surface area contributed by atoms with Crippen LogP contribution < -0.4 is 5.32 Å². The predicted molar refractivity (Wildman–Crippen MR) is 133 cm³/mol. The van der Waals surface area contributed by atoms with Gasteiger partial charge in [-0.05, 0) is 57.6 Å². The van der Waals surface area contributed by atoms with E-state index in [1.807, 2.05) is 43.9 Å². The Hall–Kier alpha value is -2.79. The summed E-state index contributed by atoms with van der Waals surface area (Å²) in [4.78, 5) is 31.0. The van der Waals surface area contributed by atoms with Gasteiger partial charge in [-0.25, -0.2) is 0 Å². The number of hydrogen-bond donors (Lipinski definition) is 1. The van der Waals surface area contributed by atoms with Crippen molar-refractivity contribution in [2.75, 3.05) is 20.1 Å². The van der Waals surface area contributed by atoms with Gasteiger partial charge in [-0.3, -0.25) is 4.79 Å². The van der Waals surface area contributed by atoms with Gasteiger partial charge in [0.1, 0.15) is 13.6 Å². The van der Waals surface area contributed by atoms with Crippen molar-refractivity contribution < 1.29 is 14.4 Å². The number of nitrogens with one attached hydrogen (secondary N) is 1. The first-order valence-electron chi connectivity index (χ1n) is 11.2. The molecule has 1 atom stereocenters. The van der Waals surface area contributed by atoms with Crippen LogP contribution >= 0.6 is 0 Å². The van der Waals surface area contributed by atoms with E-state index in [9.17, 15) is 4.79 Å². The van der Waals surface area contributed by atoms with Crippen LogP contribution in [0.3, 0.4) is 0 Å². The third kappa shape index (κ3) is 8.75. The molecule has 2 aromatic carbocycles. The van der Waals surface area contributed by atoms with Gasteiger partial charge < -0.3 is 19.8 Å². The summed E-state index contributed by atoms with van der Waals surface area (Å²) >= 11 is 0. The molecule has 0 bridgehead atoms. The Kier molecular flexibility index (Phi) is 15.4. The summed E-state index contributed by atoms with van der Waals surface area (Å²) in [6.07, 6.45) is 4.76. The van der Waals surface area contributed by atoms with Crippen molar-refractivity contribution in [1.29, 1.82) is 0 Å². The fourth-order valence-corrected chi connectivity index (χ4v) is 3.77. The zero-order chi connectivity index (χ0) is 24.4. The van der Waals surface area contributed by atoms with Crippen molar-refractivity contribution in [2.45, 2.75) is 57.9 Å². The van der Waals surface area contributed by atoms with E-state index < -0.39 is 0 Å². The van der Waals surface area contributed by atoms with E-state index in [-0.39, 0.29) is 17.4 Å². The number of carbonyl (C=O) groups excluding carboxylic acids is 3. The van der Waals surface area contributed by atoms with Gasteiger partial charge in [-0.2, -0.15) is 0 Å². The van der Waals surface area contributed by atoms with Gasteiger partial charge in [0.15, 0.2) is 0 Å². The molecule has 1 saturated heterocycles. The second-order valence-corrected chi connectivity index (χ2v) is 7.89. The Bertz CT molecular complexity index is 725. The van der Waals surface area contributed by atoms with Gasteiger partial charge in [-0.1, -0.05) is 75.2 Å². The molecule has 1 fully saturated rings. The van der Waals surface area contributed by atoms with Crippen LogP contribution in [-0.2, 0) is 15.0 Å². The molecule has 3 rings (SSSR count). The maximum atomic E-state index is 12.6. The number of nitrogens with zero attached hydrogens (tertiary/aromatic N) is 1. The third-order valence-corrected chi connectivity index (χ3v) is 5.94. The lowest BCUT2D eigenvalue weighted by atomic mass is 9.68. The fraction of sp³-hybridized carbons (Fsp3) is 0.444. The molecule has 32 heavy (non-hydrogen) atoms. The smallest absolute Gasteiger partial charge is 0.251 e. The average molecular weight is 441 g/mol. The van der Waals surface area contributed by atoms with Crippen LogP contribution in [0.4, 0.5) is 0 Å². The van der Waals surface area contributed by atoms with E-state index in [1.165, 1.54) is 18.4 Å². The quantitative estimate of drug-likeness (QED) is 0.718. The average Bonchev–Trinajstić information content (AvgIpc) is 2.88. The molecular formula is C27H40N2O3. The highest BCUT2D eigenvalue weighted by atomic mass is 16.1. The van der Waals surface area contributed by atoms with Gasteiger partial charge in [0.05, 0.1) is 0 Å². The van der Waals surface area contributed by atoms with Crippen molar-refractivity contribution in [3.05, 3.63) is 71.8 Å². The lowest BCUT2D eigenvalue weighted by molar-refractivity contribution is -0.0987. The highest BCUT2D eigenvalue weighted by Gasteiger charge is 2.40. The lowest BCUT2D eigenvalue weighted by Crippen LogP contribution is -2.53. The summed E-state index contributed by atoms with van der Waals surface area (Å²) in [5, 5.41) is 3.26. The first-order valence-corrected chi connectivity index (χ1v) is 11.2. The number of benzene rings is 2. The minimum atomic E-state index is -0.00178. The summed E-state index contributed by atoms with van der Waals surface area (Å²) in [5.74, 6) is 0.0114. The Morgan fingerprint density at radius 3 is 1.78 bits per heavy atom. The largest absolute Gasteiger partial charge is 0.349 e. The minimum Gasteiger partial charge on any atom is -0.349 e. The van der Waals surface area contributed by atoms with Crippen molar-refractivity contribution >= 4 is 19.5 Å². The lowest BCUT2D eigenvalue weighted by Gasteiger charge is -2.45. The molecule has 2 aromatic rings. The molecule has 1 N–H and O–H groups in total. The summed E-state index contributed by atoms with van der Waals surface area (Å²) in [5.41, 5.74) is 2.05. The number of hydrogen-bond acceptors (Lipinski definition) is 4. The Labute approximate surface area is 194 Å². The maximum absolute atomic E-state index is 12.6. The van der Waals surface area contributed by atoms with Gasteiger partial charge in [0.2, 0.25) is 0 Å². The molecule has 5 nitrogen and oxygen atoms in total. The summed E-state index contributed by atoms with van der Waals surface area (Å²) < 4.78 is 0. The SMILES string of the molecule is C=O.C=O.CCCC.C[C@H](NC(=O)c1ccccc1)C1(c2ccccc2)CCN(C)CC1. The van der Waals surface area contributed by atoms with Crippen molar-refractivity contribution in [2.24, 2.45) is 0 Å². The van der Waals surface area contributed by atoms with Gasteiger partial charge >= 0.3 is 0 Å². The van der Waals surface area contributed by atoms with Crippen LogP contribution in [0.5, 0.6) is 0 Å². The zero-order valence-corrected chi connectivity index (χ0v) is 20.2. The second-order valence-electron chi connectivity index (χ2n) is 7.89. The molecule has 0 spiro atoms. The van der Waals surface area contributed by atoms with Gasteiger partial charge in [0.25, 0.3) is 5.91 Å². The summed E-state index contributed by atoms with van der Waals surface area (Å²) in [6, 6.07) is 20.2. The van der Waals surface area contributed by atoms with E-state index in [1.54, 1.807) is 0 Å². The van der Waals surface area contributed by atoms with Gasteiger partial charge in [-0.15, -0.1) is 0 Å². The minimum absolute atomic E-state index is 0.00178. The molecule has 1 amide bonds. The van der Waals surface area contributed by atoms with E-state index in [0.29, 0.717) is 0 Å². The molecule has 1 heterocycles. The van der Waals surface area contributed by atoms with E-state index >= 15 is 0 Å². The first-order chi connectivity index (χ1) is 15.5. The summed E-state index contributed by atoms with van der Waals surface area (Å²) in [6.45, 7) is 12.6. The number of piperidine rings is 1. The molecule has 0 saturated carbocycles. The number of likely N-dealkylation sites (tertiary alicyclic amines) is 1. The van der Waals surface area contributed by atoms with Crippen LogP contribution in [0.1, 0.15) is 62.4 Å². The van der Waals surface area contributed by atoms with Gasteiger partial charge in [0, 0.05) is 17.0 Å². The van der Waals surface area contributed by atoms with E-state index in [2.05, 4.69) is 68.4 Å². The van der Waals surface area contributed by atoms with Crippen LogP contribution in [0.2, 0.25) is 0 Å². The molecule has 0 aromatic heterocycles. The molecular weight excluding hydrogens is 400 g/mol. The highest BCUT2D eigenvalue weighted by Crippen LogP contribution is 2.38. The fourth-order valence-electron chi connectivity index (χ4n) is 3.77. The van der Waals surface area contributed by atoms with Crippen molar-refractivity contribution in [1.82, 2.24) is 10.2 Å². The number of carbonyl (C=O) groups is 3. The highest BCUT2D eigenvalue weighted by molar-refractivity contribution is 5.94.